The second-order valence-corrected chi connectivity index (χ2v) is 8.53. The molecule has 0 aliphatic carbocycles. The van der Waals surface area contributed by atoms with Crippen LogP contribution in [0.1, 0.15) is 58.4 Å². The number of hydrogen-bond donors (Lipinski definition) is 2. The van der Waals surface area contributed by atoms with Crippen molar-refractivity contribution in [1.29, 1.82) is 0 Å². The molecular weight excluding hydrogens is 334 g/mol. The maximum Gasteiger partial charge on any atom is 0.240 e. The Morgan fingerprint density at radius 3 is 2.44 bits per heavy atom. The van der Waals surface area contributed by atoms with Gasteiger partial charge >= 0.3 is 0 Å². The molecule has 0 amide bonds. The first-order valence-corrected chi connectivity index (χ1v) is 10.6. The number of aliphatic hydroxyl groups is 1. The van der Waals surface area contributed by atoms with Crippen molar-refractivity contribution in [2.75, 3.05) is 6.54 Å². The van der Waals surface area contributed by atoms with Gasteiger partial charge in [-0.15, -0.1) is 0 Å². The first kappa shape index (κ1) is 21.9. The van der Waals surface area contributed by atoms with Gasteiger partial charge in [-0.2, -0.15) is 0 Å². The summed E-state index contributed by atoms with van der Waals surface area (Å²) in [7, 11) is -3.45. The lowest BCUT2D eigenvalue weighted by molar-refractivity contribution is 0.0909. The second-order valence-electron chi connectivity index (χ2n) is 6.76. The van der Waals surface area contributed by atoms with E-state index in [1.165, 1.54) is 5.57 Å². The first-order chi connectivity index (χ1) is 11.8. The maximum absolute atomic E-state index is 12.2. The first-order valence-electron chi connectivity index (χ1n) is 9.16. The van der Waals surface area contributed by atoms with Gasteiger partial charge in [0.15, 0.2) is 0 Å². The van der Waals surface area contributed by atoms with Gasteiger partial charge in [0, 0.05) is 6.54 Å². The molecule has 0 radical (unpaired) electrons. The summed E-state index contributed by atoms with van der Waals surface area (Å²) in [5.74, 6) is 0.216. The van der Waals surface area contributed by atoms with Crippen LogP contribution in [0.3, 0.4) is 0 Å². The van der Waals surface area contributed by atoms with E-state index in [0.29, 0.717) is 11.4 Å². The van der Waals surface area contributed by atoms with Crippen LogP contribution in [0.5, 0.6) is 0 Å². The molecule has 0 bridgehead atoms. The second kappa shape index (κ2) is 10.7. The van der Waals surface area contributed by atoms with Crippen molar-refractivity contribution in [3.63, 3.8) is 0 Å². The van der Waals surface area contributed by atoms with Crippen LogP contribution in [0.4, 0.5) is 0 Å². The van der Waals surface area contributed by atoms with E-state index in [4.69, 9.17) is 0 Å². The van der Waals surface area contributed by atoms with Crippen molar-refractivity contribution in [3.8, 4) is 0 Å². The molecular formula is C20H33NO3S. The molecule has 0 unspecified atom stereocenters. The number of hydrogen-bond acceptors (Lipinski definition) is 3. The van der Waals surface area contributed by atoms with E-state index in [2.05, 4.69) is 24.6 Å². The lowest BCUT2D eigenvalue weighted by Crippen LogP contribution is -2.26. The van der Waals surface area contributed by atoms with Crippen molar-refractivity contribution in [3.05, 3.63) is 41.5 Å². The molecule has 1 aromatic rings. The predicted octanol–water partition coefficient (Wildman–Crippen LogP) is 4.19. The quantitative estimate of drug-likeness (QED) is 0.455. The molecule has 0 fully saturated rings. The summed E-state index contributed by atoms with van der Waals surface area (Å²) in [4.78, 5) is 0.298. The van der Waals surface area contributed by atoms with Crippen LogP contribution >= 0.6 is 0 Å². The fourth-order valence-electron chi connectivity index (χ4n) is 2.80. The van der Waals surface area contributed by atoms with Crippen LogP contribution in [-0.4, -0.2) is 26.2 Å². The molecule has 2 N–H and O–H groups in total. The molecule has 1 rings (SSSR count). The van der Waals surface area contributed by atoms with Crippen LogP contribution in [0.25, 0.3) is 0 Å². The Hall–Kier alpha value is -1.17. The molecule has 0 aliphatic rings. The molecule has 0 spiro atoms. The number of nitrogens with one attached hydrogen (secondary N) is 1. The van der Waals surface area contributed by atoms with Crippen LogP contribution < -0.4 is 4.72 Å². The fourth-order valence-corrected chi connectivity index (χ4v) is 3.87. The fraction of sp³-hybridized carbons (Fsp3) is 0.600. The normalized spacial score (nSPS) is 15.2. The molecule has 0 saturated heterocycles. The van der Waals surface area contributed by atoms with Crippen molar-refractivity contribution in [2.45, 2.75) is 70.8 Å². The monoisotopic (exact) mass is 367 g/mol. The van der Waals surface area contributed by atoms with E-state index >= 15 is 0 Å². The predicted molar refractivity (Wildman–Crippen MR) is 104 cm³/mol. The highest BCUT2D eigenvalue weighted by Gasteiger charge is 2.18. The van der Waals surface area contributed by atoms with E-state index < -0.39 is 10.0 Å². The third-order valence-electron chi connectivity index (χ3n) is 4.77. The third kappa shape index (κ3) is 7.72. The highest BCUT2D eigenvalue weighted by atomic mass is 32.2. The lowest BCUT2D eigenvalue weighted by Gasteiger charge is -2.22. The molecule has 2 atom stereocenters. The van der Waals surface area contributed by atoms with Crippen LogP contribution in [-0.2, 0) is 10.0 Å². The molecule has 0 aliphatic heterocycles. The summed E-state index contributed by atoms with van der Waals surface area (Å²) in [5, 5.41) is 10.4. The van der Waals surface area contributed by atoms with Gasteiger partial charge in [-0.25, -0.2) is 13.1 Å². The zero-order valence-electron chi connectivity index (χ0n) is 16.0. The largest absolute Gasteiger partial charge is 0.393 e. The Balaban J connectivity index is 2.42. The van der Waals surface area contributed by atoms with Gasteiger partial charge < -0.3 is 5.11 Å². The highest BCUT2D eigenvalue weighted by Crippen LogP contribution is 2.21. The van der Waals surface area contributed by atoms with Crippen LogP contribution in [0.2, 0.25) is 0 Å². The number of rotatable bonds is 11. The molecule has 142 valence electrons. The zero-order valence-corrected chi connectivity index (χ0v) is 16.8. The summed E-state index contributed by atoms with van der Waals surface area (Å²) >= 11 is 0. The van der Waals surface area contributed by atoms with Crippen LogP contribution in [0.15, 0.2) is 40.8 Å². The maximum atomic E-state index is 12.2. The van der Waals surface area contributed by atoms with Crippen LogP contribution in [0, 0.1) is 12.8 Å². The molecule has 4 nitrogen and oxygen atoms in total. The van der Waals surface area contributed by atoms with E-state index in [-0.39, 0.29) is 12.0 Å². The number of sulfonamides is 1. The standard InChI is InChI=1S/C20H33NO3S/c1-5-16(3)11-14-20(22)18(6-2)8-7-15-21-25(23,24)19-12-9-17(4)10-13-19/h5,9-10,12-13,18,20-22H,6-8,11,14-15H2,1-4H3/b16-5+/t18-,20-/m1/s1. The molecule has 0 aromatic heterocycles. The van der Waals surface area contributed by atoms with Gasteiger partial charge in [-0.05, 0) is 64.5 Å². The van der Waals surface area contributed by atoms with Gasteiger partial charge in [0.1, 0.15) is 0 Å². The Kier molecular flexibility index (Phi) is 9.39. The topological polar surface area (TPSA) is 66.4 Å². The average molecular weight is 368 g/mol. The van der Waals surface area contributed by atoms with Crippen molar-refractivity contribution in [2.24, 2.45) is 5.92 Å². The number of aryl methyl sites for hydroxylation is 1. The summed E-state index contributed by atoms with van der Waals surface area (Å²) in [5.41, 5.74) is 2.33. The third-order valence-corrected chi connectivity index (χ3v) is 6.25. The Morgan fingerprint density at radius 2 is 1.88 bits per heavy atom. The summed E-state index contributed by atoms with van der Waals surface area (Å²) in [6.45, 7) is 8.49. The lowest BCUT2D eigenvalue weighted by atomic mass is 9.90. The highest BCUT2D eigenvalue weighted by molar-refractivity contribution is 7.89. The number of benzene rings is 1. The van der Waals surface area contributed by atoms with E-state index in [0.717, 1.165) is 37.7 Å². The van der Waals surface area contributed by atoms with E-state index in [1.807, 2.05) is 13.8 Å². The minimum atomic E-state index is -3.45. The Morgan fingerprint density at radius 1 is 1.24 bits per heavy atom. The van der Waals surface area contributed by atoms with Crippen molar-refractivity contribution >= 4 is 10.0 Å². The van der Waals surface area contributed by atoms with Gasteiger partial charge in [0.2, 0.25) is 10.0 Å². The zero-order chi connectivity index (χ0) is 18.9. The summed E-state index contributed by atoms with van der Waals surface area (Å²) in [6.07, 6.45) is 5.88. The van der Waals surface area contributed by atoms with Gasteiger partial charge in [-0.1, -0.05) is 42.7 Å². The molecule has 25 heavy (non-hydrogen) atoms. The van der Waals surface area contributed by atoms with Crippen molar-refractivity contribution in [1.82, 2.24) is 4.72 Å². The Bertz CT molecular complexity index is 635. The smallest absolute Gasteiger partial charge is 0.240 e. The van der Waals surface area contributed by atoms with Crippen molar-refractivity contribution < 1.29 is 13.5 Å². The average Bonchev–Trinajstić information content (AvgIpc) is 2.59. The SMILES string of the molecule is C/C=C(\C)CC[C@@H](O)[C@H](CC)CCCNS(=O)(=O)c1ccc(C)cc1. The van der Waals surface area contributed by atoms with Gasteiger partial charge in [-0.3, -0.25) is 0 Å². The Labute approximate surface area is 153 Å². The van der Waals surface area contributed by atoms with E-state index in [1.54, 1.807) is 24.3 Å². The minimum Gasteiger partial charge on any atom is -0.393 e. The summed E-state index contributed by atoms with van der Waals surface area (Å²) in [6, 6.07) is 6.84. The van der Waals surface area contributed by atoms with Gasteiger partial charge in [0.05, 0.1) is 11.0 Å². The number of allylic oxidation sites excluding steroid dienone is 2. The molecule has 1 aromatic carbocycles. The van der Waals surface area contributed by atoms with E-state index in [9.17, 15) is 13.5 Å². The molecule has 5 heteroatoms. The molecule has 0 heterocycles. The summed E-state index contributed by atoms with van der Waals surface area (Å²) < 4.78 is 27.1. The number of aliphatic hydroxyl groups excluding tert-OH is 1. The molecule has 0 saturated carbocycles. The van der Waals surface area contributed by atoms with Gasteiger partial charge in [0.25, 0.3) is 0 Å². The minimum absolute atomic E-state index is 0.216.